The summed E-state index contributed by atoms with van der Waals surface area (Å²) in [5.74, 6) is 0. The van der Waals surface area contributed by atoms with Gasteiger partial charge in [0.1, 0.15) is 18.9 Å². The maximum Gasteiger partial charge on any atom is 0.344 e. The fourth-order valence-electron chi connectivity index (χ4n) is 2.41. The van der Waals surface area contributed by atoms with Crippen LogP contribution in [0.1, 0.15) is 41.5 Å². The quantitative estimate of drug-likeness (QED) is 0.257. The second-order valence-corrected chi connectivity index (χ2v) is 11.5. The zero-order valence-corrected chi connectivity index (χ0v) is 20.5. The molecular formula is C15H36NO9P3. The van der Waals surface area contributed by atoms with Crippen molar-refractivity contribution in [1.29, 1.82) is 0 Å². The molecule has 0 spiro atoms. The third-order valence-corrected chi connectivity index (χ3v) is 9.22. The van der Waals surface area contributed by atoms with E-state index in [0.717, 1.165) is 0 Å². The van der Waals surface area contributed by atoms with Crippen molar-refractivity contribution in [3.05, 3.63) is 0 Å². The number of hydrogen-bond donors (Lipinski definition) is 0. The molecule has 0 fully saturated rings. The monoisotopic (exact) mass is 467 g/mol. The predicted octanol–water partition coefficient (Wildman–Crippen LogP) is 4.96. The molecule has 0 aromatic heterocycles. The molecule has 0 atom stereocenters. The summed E-state index contributed by atoms with van der Waals surface area (Å²) in [4.78, 5) is 1.39. The zero-order valence-electron chi connectivity index (χ0n) is 17.8. The lowest BCUT2D eigenvalue weighted by Crippen LogP contribution is -2.30. The fourth-order valence-corrected chi connectivity index (χ4v) is 8.02. The van der Waals surface area contributed by atoms with E-state index in [9.17, 15) is 13.7 Å². The zero-order chi connectivity index (χ0) is 21.7. The summed E-state index contributed by atoms with van der Waals surface area (Å²) in [6.45, 7) is 11.1. The van der Waals surface area contributed by atoms with Crippen molar-refractivity contribution < 1.29 is 40.8 Å². The second kappa shape index (κ2) is 14.4. The van der Waals surface area contributed by atoms with Gasteiger partial charge in [0.05, 0.1) is 39.6 Å². The van der Waals surface area contributed by atoms with Gasteiger partial charge in [-0.05, 0) is 41.5 Å². The lowest BCUT2D eigenvalue weighted by atomic mass is 10.9. The molecule has 0 rings (SSSR count). The summed E-state index contributed by atoms with van der Waals surface area (Å²) >= 11 is 0. The van der Waals surface area contributed by atoms with Crippen molar-refractivity contribution in [2.24, 2.45) is 0 Å². The Morgan fingerprint density at radius 3 is 0.786 bits per heavy atom. The molecule has 28 heavy (non-hydrogen) atoms. The first kappa shape index (κ1) is 28.4. The van der Waals surface area contributed by atoms with Crippen LogP contribution in [0, 0.1) is 0 Å². The van der Waals surface area contributed by atoms with Crippen LogP contribution in [-0.2, 0) is 40.8 Å². The molecule has 0 heterocycles. The lowest BCUT2D eigenvalue weighted by Gasteiger charge is -2.31. The maximum absolute atomic E-state index is 13.0. The molecule has 10 nitrogen and oxygen atoms in total. The molecule has 0 aliphatic rings. The molecular weight excluding hydrogens is 431 g/mol. The predicted molar refractivity (Wildman–Crippen MR) is 109 cm³/mol. The highest BCUT2D eigenvalue weighted by atomic mass is 31.2. The van der Waals surface area contributed by atoms with E-state index in [4.69, 9.17) is 27.1 Å². The van der Waals surface area contributed by atoms with Gasteiger partial charge in [-0.25, -0.2) is 0 Å². The van der Waals surface area contributed by atoms with Gasteiger partial charge in [0.2, 0.25) is 0 Å². The summed E-state index contributed by atoms with van der Waals surface area (Å²) in [6, 6.07) is 0. The van der Waals surface area contributed by atoms with Gasteiger partial charge in [-0.1, -0.05) is 0 Å². The van der Waals surface area contributed by atoms with E-state index in [-0.39, 0.29) is 58.5 Å². The average molecular weight is 467 g/mol. The molecule has 0 amide bonds. The van der Waals surface area contributed by atoms with Crippen LogP contribution in [0.2, 0.25) is 0 Å². The summed E-state index contributed by atoms with van der Waals surface area (Å²) in [5.41, 5.74) is 0. The Labute approximate surface area is 169 Å². The molecule has 0 saturated heterocycles. The molecule has 0 aliphatic carbocycles. The van der Waals surface area contributed by atoms with Gasteiger partial charge < -0.3 is 27.1 Å². The SMILES string of the molecule is CCOP(=O)(CN(CP(=O)(OCC)OCC)CP(=O)(OCC)OCC)OCC. The number of rotatable bonds is 18. The van der Waals surface area contributed by atoms with Crippen LogP contribution in [0.3, 0.4) is 0 Å². The minimum atomic E-state index is -3.56. The first-order chi connectivity index (χ1) is 13.1. The van der Waals surface area contributed by atoms with Crippen LogP contribution < -0.4 is 0 Å². The molecule has 0 bridgehead atoms. The Balaban J connectivity index is 5.76. The van der Waals surface area contributed by atoms with E-state index in [1.54, 1.807) is 41.5 Å². The van der Waals surface area contributed by atoms with Crippen molar-refractivity contribution in [3.63, 3.8) is 0 Å². The molecule has 0 N–H and O–H groups in total. The topological polar surface area (TPSA) is 110 Å². The van der Waals surface area contributed by atoms with Crippen LogP contribution >= 0.6 is 22.8 Å². The standard InChI is InChI=1S/C15H36NO9P3/c1-7-20-26(17,21-8-2)13-16(14-27(18,22-9-3)23-10-4)15-28(19,24-11-5)25-12-6/h7-15H2,1-6H3. The molecule has 0 aromatic rings. The highest BCUT2D eigenvalue weighted by Crippen LogP contribution is 2.56. The van der Waals surface area contributed by atoms with Gasteiger partial charge in [0, 0.05) is 0 Å². The number of nitrogens with zero attached hydrogens (tertiary/aromatic N) is 1. The van der Waals surface area contributed by atoms with E-state index >= 15 is 0 Å². The minimum absolute atomic E-state index is 0.161. The summed E-state index contributed by atoms with van der Waals surface area (Å²) in [7, 11) is -10.7. The maximum atomic E-state index is 13.0. The smallest absolute Gasteiger partial charge is 0.308 e. The Kier molecular flexibility index (Phi) is 14.6. The van der Waals surface area contributed by atoms with Crippen LogP contribution in [0.4, 0.5) is 0 Å². The Morgan fingerprint density at radius 2 is 0.643 bits per heavy atom. The largest absolute Gasteiger partial charge is 0.344 e. The molecule has 0 saturated carbocycles. The van der Waals surface area contributed by atoms with Crippen molar-refractivity contribution >= 4 is 22.8 Å². The average Bonchev–Trinajstić information content (AvgIpc) is 2.55. The van der Waals surface area contributed by atoms with Crippen LogP contribution in [-0.4, -0.2) is 63.4 Å². The molecule has 0 aromatic carbocycles. The summed E-state index contributed by atoms with van der Waals surface area (Å²) in [5, 5.41) is 0. The minimum Gasteiger partial charge on any atom is -0.308 e. The second-order valence-electron chi connectivity index (χ2n) is 5.43. The summed E-state index contributed by atoms with van der Waals surface area (Å²) < 4.78 is 70.9. The summed E-state index contributed by atoms with van der Waals surface area (Å²) in [6.07, 6.45) is -0.783. The van der Waals surface area contributed by atoms with E-state index in [2.05, 4.69) is 0 Å². The van der Waals surface area contributed by atoms with Gasteiger partial charge >= 0.3 is 22.8 Å². The van der Waals surface area contributed by atoms with Gasteiger partial charge in [0.25, 0.3) is 0 Å². The van der Waals surface area contributed by atoms with Crippen LogP contribution in [0.5, 0.6) is 0 Å². The molecule has 13 heteroatoms. The highest BCUT2D eigenvalue weighted by molar-refractivity contribution is 7.55. The number of hydrogen-bond acceptors (Lipinski definition) is 10. The van der Waals surface area contributed by atoms with E-state index < -0.39 is 22.8 Å². The lowest BCUT2D eigenvalue weighted by molar-refractivity contribution is 0.177. The van der Waals surface area contributed by atoms with Crippen molar-refractivity contribution in [1.82, 2.24) is 4.90 Å². The van der Waals surface area contributed by atoms with Crippen molar-refractivity contribution in [3.8, 4) is 0 Å². The molecule has 0 unspecified atom stereocenters. The first-order valence-electron chi connectivity index (χ1n) is 9.52. The third-order valence-electron chi connectivity index (χ3n) is 3.07. The Hall–Kier alpha value is 0.410. The highest BCUT2D eigenvalue weighted by Gasteiger charge is 2.38. The first-order valence-corrected chi connectivity index (χ1v) is 14.7. The van der Waals surface area contributed by atoms with Gasteiger partial charge in [-0.3, -0.25) is 18.6 Å². The Morgan fingerprint density at radius 1 is 0.464 bits per heavy atom. The molecule has 0 aliphatic heterocycles. The third kappa shape index (κ3) is 11.0. The normalized spacial score (nSPS) is 13.4. The van der Waals surface area contributed by atoms with E-state index in [0.29, 0.717) is 0 Å². The Bertz CT molecular complexity index is 455. The van der Waals surface area contributed by atoms with Crippen LogP contribution in [0.15, 0.2) is 0 Å². The molecule has 0 radical (unpaired) electrons. The fraction of sp³-hybridized carbons (Fsp3) is 1.00. The van der Waals surface area contributed by atoms with E-state index in [1.165, 1.54) is 4.90 Å². The van der Waals surface area contributed by atoms with Gasteiger partial charge in [0.15, 0.2) is 0 Å². The van der Waals surface area contributed by atoms with Gasteiger partial charge in [-0.15, -0.1) is 0 Å². The van der Waals surface area contributed by atoms with Crippen molar-refractivity contribution in [2.75, 3.05) is 58.5 Å². The van der Waals surface area contributed by atoms with Crippen LogP contribution in [0.25, 0.3) is 0 Å². The van der Waals surface area contributed by atoms with Gasteiger partial charge in [-0.2, -0.15) is 0 Å². The van der Waals surface area contributed by atoms with E-state index in [1.807, 2.05) is 0 Å². The van der Waals surface area contributed by atoms with Crippen molar-refractivity contribution in [2.45, 2.75) is 41.5 Å². The molecule has 170 valence electrons.